The van der Waals surface area contributed by atoms with Gasteiger partial charge in [-0.15, -0.1) is 0 Å². The molecule has 0 bridgehead atoms. The van der Waals surface area contributed by atoms with E-state index in [-0.39, 0.29) is 5.41 Å². The van der Waals surface area contributed by atoms with E-state index in [1.807, 2.05) is 23.5 Å². The average Bonchev–Trinajstić information content (AvgIpc) is 2.76. The summed E-state index contributed by atoms with van der Waals surface area (Å²) in [5, 5.41) is 10.8. The molecule has 1 aromatic rings. The van der Waals surface area contributed by atoms with Crippen molar-refractivity contribution in [3.8, 4) is 5.75 Å². The highest BCUT2D eigenvalue weighted by Gasteiger charge is 2.34. The fourth-order valence-electron chi connectivity index (χ4n) is 2.71. The molecule has 0 amide bonds. The van der Waals surface area contributed by atoms with Crippen molar-refractivity contribution in [2.24, 2.45) is 11.1 Å². The van der Waals surface area contributed by atoms with Gasteiger partial charge in [-0.3, -0.25) is 10.7 Å². The zero-order valence-corrected chi connectivity index (χ0v) is 17.1. The highest BCUT2D eigenvalue weighted by Crippen LogP contribution is 2.39. The van der Waals surface area contributed by atoms with Gasteiger partial charge in [0.15, 0.2) is 0 Å². The van der Waals surface area contributed by atoms with Gasteiger partial charge < -0.3 is 10.2 Å². The Morgan fingerprint density at radius 2 is 2.08 bits per heavy atom. The summed E-state index contributed by atoms with van der Waals surface area (Å²) in [5.41, 5.74) is 8.91. The number of quaternary nitrogens is 1. The number of benzene rings is 1. The molecule has 0 saturated heterocycles. The zero-order valence-electron chi connectivity index (χ0n) is 15.3. The molecule has 1 aliphatic rings. The Bertz CT molecular complexity index is 683. The maximum absolute atomic E-state index is 8.37. The predicted molar refractivity (Wildman–Crippen MR) is 104 cm³/mol. The number of nitrogens with two attached hydrogens (primary N) is 2. The van der Waals surface area contributed by atoms with Gasteiger partial charge in [0.1, 0.15) is 11.4 Å². The molecule has 24 heavy (non-hydrogen) atoms. The van der Waals surface area contributed by atoms with Crippen LogP contribution in [-0.4, -0.2) is 14.2 Å². The van der Waals surface area contributed by atoms with E-state index in [2.05, 4.69) is 33.9 Å². The van der Waals surface area contributed by atoms with Crippen molar-refractivity contribution in [2.45, 2.75) is 52.8 Å². The number of hydrogen-bond donors (Lipinski definition) is 3. The van der Waals surface area contributed by atoms with Crippen LogP contribution < -0.4 is 15.5 Å². The van der Waals surface area contributed by atoms with E-state index in [0.717, 1.165) is 41.6 Å². The van der Waals surface area contributed by atoms with Gasteiger partial charge in [0.25, 0.3) is 0 Å². The van der Waals surface area contributed by atoms with Crippen LogP contribution in [0.15, 0.2) is 29.5 Å². The molecule has 1 aromatic carbocycles. The fourth-order valence-corrected chi connectivity index (χ4v) is 3.92. The van der Waals surface area contributed by atoms with Crippen LogP contribution >= 0.6 is 11.6 Å². The first-order valence-corrected chi connectivity index (χ1v) is 12.0. The zero-order chi connectivity index (χ0) is 18.1. The van der Waals surface area contributed by atoms with Crippen molar-refractivity contribution in [2.75, 3.05) is 0 Å². The first kappa shape index (κ1) is 19.0. The summed E-state index contributed by atoms with van der Waals surface area (Å²) in [5.74, 6) is 1.21. The lowest BCUT2D eigenvalue weighted by atomic mass is 9.90. The number of rotatable bonds is 5. The van der Waals surface area contributed by atoms with E-state index >= 15 is 0 Å². The fraction of sp³-hybridized carbons (Fsp3) is 0.500. The van der Waals surface area contributed by atoms with E-state index in [0.29, 0.717) is 10.9 Å². The Morgan fingerprint density at radius 3 is 2.58 bits per heavy atom. The molecule has 0 atom stereocenters. The summed E-state index contributed by atoms with van der Waals surface area (Å²) < 4.78 is 6.10. The van der Waals surface area contributed by atoms with E-state index in [1.165, 1.54) is 0 Å². The molecule has 0 spiro atoms. The van der Waals surface area contributed by atoms with E-state index in [4.69, 9.17) is 27.2 Å². The number of amidine groups is 1. The molecule has 1 aliphatic carbocycles. The summed E-state index contributed by atoms with van der Waals surface area (Å²) in [6, 6.07) is 6.75. The molecule has 0 unspecified atom stereocenters. The van der Waals surface area contributed by atoms with Crippen LogP contribution in [0.5, 0.6) is 5.75 Å². The van der Waals surface area contributed by atoms with Crippen LogP contribution in [-0.2, 0) is 0 Å². The van der Waals surface area contributed by atoms with Gasteiger partial charge in [0.05, 0.1) is 10.6 Å². The van der Waals surface area contributed by atoms with Gasteiger partial charge >= 0.3 is 0 Å². The standard InChI is InChI=1S/C18H28ClN3OSi/c1-6-24(4,5)23-15-8-7-12(11-14(15)19)22-17(21)13-9-10-18(2,3)16(13)20/h7-8,11H,6,9-10,20H2,1-5H3,(H2,21,22)/p+1. The normalized spacial score (nSPS) is 17.2. The quantitative estimate of drug-likeness (QED) is 0.317. The van der Waals surface area contributed by atoms with Crippen molar-refractivity contribution in [1.29, 1.82) is 5.41 Å². The number of nitrogens with one attached hydrogen (secondary N) is 1. The van der Waals surface area contributed by atoms with Crippen molar-refractivity contribution >= 4 is 31.4 Å². The third-order valence-electron chi connectivity index (χ3n) is 4.88. The van der Waals surface area contributed by atoms with Crippen LogP contribution in [0, 0.1) is 10.8 Å². The molecule has 0 aromatic heterocycles. The van der Waals surface area contributed by atoms with Crippen molar-refractivity contribution in [3.63, 3.8) is 0 Å². The molecule has 6 heteroatoms. The highest BCUT2D eigenvalue weighted by molar-refractivity contribution is 6.71. The lowest BCUT2D eigenvalue weighted by Gasteiger charge is -2.23. The van der Waals surface area contributed by atoms with E-state index in [9.17, 15) is 0 Å². The second-order valence-electron chi connectivity index (χ2n) is 7.74. The van der Waals surface area contributed by atoms with Crippen LogP contribution in [0.2, 0.25) is 24.2 Å². The summed E-state index contributed by atoms with van der Waals surface area (Å²) in [4.78, 5) is 0. The lowest BCUT2D eigenvalue weighted by Crippen LogP contribution is -2.82. The van der Waals surface area contributed by atoms with Gasteiger partial charge in [-0.1, -0.05) is 32.4 Å². The molecule has 5 N–H and O–H groups in total. The lowest BCUT2D eigenvalue weighted by molar-refractivity contribution is -0.444. The molecule has 4 nitrogen and oxygen atoms in total. The third-order valence-corrected chi connectivity index (χ3v) is 7.65. The maximum Gasteiger partial charge on any atom is 0.245 e. The summed E-state index contributed by atoms with van der Waals surface area (Å²) >= 11 is 6.38. The Morgan fingerprint density at radius 1 is 1.42 bits per heavy atom. The van der Waals surface area contributed by atoms with Crippen LogP contribution in [0.3, 0.4) is 0 Å². The monoisotopic (exact) mass is 366 g/mol. The second-order valence-corrected chi connectivity index (χ2v) is 12.6. The van der Waals surface area contributed by atoms with Gasteiger partial charge in [-0.2, -0.15) is 0 Å². The largest absolute Gasteiger partial charge is 0.543 e. The molecule has 132 valence electrons. The Kier molecular flexibility index (Phi) is 5.47. The molecular weight excluding hydrogens is 338 g/mol. The molecule has 0 aliphatic heterocycles. The van der Waals surface area contributed by atoms with Gasteiger partial charge in [0.2, 0.25) is 14.2 Å². The minimum atomic E-state index is -1.71. The van der Waals surface area contributed by atoms with Crippen molar-refractivity contribution < 1.29 is 9.74 Å². The van der Waals surface area contributed by atoms with Gasteiger partial charge in [0, 0.05) is 23.2 Å². The average molecular weight is 367 g/mol. The summed E-state index contributed by atoms with van der Waals surface area (Å²) in [6.07, 6.45) is 1.86. The summed E-state index contributed by atoms with van der Waals surface area (Å²) in [6.45, 7) is 10.8. The topological polar surface area (TPSA) is 75.7 Å². The van der Waals surface area contributed by atoms with Crippen LogP contribution in [0.4, 0.5) is 5.69 Å². The smallest absolute Gasteiger partial charge is 0.245 e. The first-order valence-electron chi connectivity index (χ1n) is 8.47. The van der Waals surface area contributed by atoms with Crippen molar-refractivity contribution in [3.05, 3.63) is 34.5 Å². The maximum atomic E-state index is 8.37. The minimum absolute atomic E-state index is 0.0127. The third kappa shape index (κ3) is 4.21. The Balaban J connectivity index is 2.13. The SMILES string of the molecule is CC[Si](C)(C)Oc1ccc([NH2+]C(=N)C2=C(N)C(C)(C)CC2)cc1Cl. The first-order chi connectivity index (χ1) is 11.1. The van der Waals surface area contributed by atoms with Crippen LogP contribution in [0.1, 0.15) is 33.6 Å². The van der Waals surface area contributed by atoms with Gasteiger partial charge in [-0.25, -0.2) is 0 Å². The Hall–Kier alpha value is -1.30. The Labute approximate surface area is 151 Å². The van der Waals surface area contributed by atoms with Crippen molar-refractivity contribution in [1.82, 2.24) is 0 Å². The molecule has 0 saturated carbocycles. The highest BCUT2D eigenvalue weighted by atomic mass is 35.5. The molecule has 0 heterocycles. The predicted octanol–water partition coefficient (Wildman–Crippen LogP) is 4.15. The number of hydrogen-bond acceptors (Lipinski definition) is 3. The number of allylic oxidation sites excluding steroid dienone is 1. The minimum Gasteiger partial charge on any atom is -0.543 e. The van der Waals surface area contributed by atoms with E-state index in [1.54, 1.807) is 0 Å². The molecule has 0 fully saturated rings. The van der Waals surface area contributed by atoms with Crippen LogP contribution in [0.25, 0.3) is 0 Å². The second kappa shape index (κ2) is 6.90. The van der Waals surface area contributed by atoms with Gasteiger partial charge in [-0.05, 0) is 38.0 Å². The molecule has 2 rings (SSSR count). The molecule has 0 radical (unpaired) electrons. The number of halogens is 1. The molecular formula is C18H29ClN3OSi+. The van der Waals surface area contributed by atoms with E-state index < -0.39 is 8.32 Å². The summed E-state index contributed by atoms with van der Waals surface area (Å²) in [7, 11) is -1.71.